The number of piperazine rings is 1. The molecule has 1 amide bonds. The maximum absolute atomic E-state index is 13.3. The lowest BCUT2D eigenvalue weighted by atomic mass is 10.1. The summed E-state index contributed by atoms with van der Waals surface area (Å²) < 4.78 is 7.29. The molecule has 0 atom stereocenters. The molecule has 204 valence electrons. The molecule has 3 heterocycles. The lowest BCUT2D eigenvalue weighted by Crippen LogP contribution is -2.50. The molecule has 1 aliphatic heterocycles. The molecule has 2 fully saturated rings. The van der Waals surface area contributed by atoms with Gasteiger partial charge in [-0.25, -0.2) is 9.78 Å². The number of carbonyl (C=O) groups excluding carboxylic acids is 1. The van der Waals surface area contributed by atoms with Crippen LogP contribution in [0.2, 0.25) is 0 Å². The molecule has 1 aromatic carbocycles. The van der Waals surface area contributed by atoms with Crippen LogP contribution in [0.5, 0.6) is 0 Å². The Kier molecular flexibility index (Phi) is 7.21. The Morgan fingerprint density at radius 1 is 1.10 bits per heavy atom. The third kappa shape index (κ3) is 5.56. The second kappa shape index (κ2) is 10.6. The van der Waals surface area contributed by atoms with Crippen LogP contribution in [0.4, 0.5) is 22.1 Å². The van der Waals surface area contributed by atoms with E-state index in [4.69, 9.17) is 16.1 Å². The van der Waals surface area contributed by atoms with Crippen LogP contribution in [0.25, 0.3) is 11.0 Å². The van der Waals surface area contributed by atoms with E-state index in [0.29, 0.717) is 30.2 Å². The Morgan fingerprint density at radius 2 is 1.77 bits per heavy atom. The maximum Gasteiger partial charge on any atom is 0.410 e. The largest absolute Gasteiger partial charge is 0.444 e. The van der Waals surface area contributed by atoms with E-state index < -0.39 is 5.60 Å². The Balaban J connectivity index is 1.32. The summed E-state index contributed by atoms with van der Waals surface area (Å²) in [7, 11) is 0. The van der Waals surface area contributed by atoms with E-state index in [2.05, 4.69) is 21.1 Å². The first-order chi connectivity index (χ1) is 18.6. The fourth-order valence-electron chi connectivity index (χ4n) is 5.42. The average Bonchev–Trinajstić information content (AvgIpc) is 3.43. The molecular formula is C30H36N6O3. The number of pyridine rings is 1. The topological polar surface area (TPSA) is 92.6 Å². The van der Waals surface area contributed by atoms with Crippen LogP contribution >= 0.6 is 0 Å². The summed E-state index contributed by atoms with van der Waals surface area (Å²) in [5.41, 5.74) is 3.04. The second-order valence-electron chi connectivity index (χ2n) is 11.3. The van der Waals surface area contributed by atoms with Crippen molar-refractivity contribution >= 4 is 34.4 Å². The fourth-order valence-corrected chi connectivity index (χ4v) is 5.42. The molecule has 9 heteroatoms. The van der Waals surface area contributed by atoms with Gasteiger partial charge < -0.3 is 19.9 Å². The second-order valence-corrected chi connectivity index (χ2v) is 11.3. The van der Waals surface area contributed by atoms with Crippen molar-refractivity contribution in [1.29, 1.82) is 0 Å². The van der Waals surface area contributed by atoms with Crippen molar-refractivity contribution in [3.05, 3.63) is 51.9 Å². The standard InChI is InChI=1S/C30H36N6O3/c1-6-24-20(2)25-19-31-28(33-26(25)36(27(24)37)23-9-7-8-10-23)32-21-11-13-22(14-12-21)34-15-17-35(18-16-34)29(38)39-30(3,4)5/h1,11-14,19,23H,7-10,15-18H2,2-5H3,(H,31,32,33). The zero-order valence-electron chi connectivity index (χ0n) is 23.2. The summed E-state index contributed by atoms with van der Waals surface area (Å²) >= 11 is 0. The predicted molar refractivity (Wildman–Crippen MR) is 154 cm³/mol. The fraction of sp³-hybridized carbons (Fsp3) is 0.467. The summed E-state index contributed by atoms with van der Waals surface area (Å²) in [6.45, 7) is 10.2. The summed E-state index contributed by atoms with van der Waals surface area (Å²) in [6.07, 6.45) is 11.3. The van der Waals surface area contributed by atoms with Crippen molar-refractivity contribution in [2.45, 2.75) is 65.0 Å². The first-order valence-corrected chi connectivity index (χ1v) is 13.6. The molecule has 3 aromatic rings. The highest BCUT2D eigenvalue weighted by Gasteiger charge is 2.26. The van der Waals surface area contributed by atoms with Gasteiger partial charge in [0, 0.05) is 55.2 Å². The number of aromatic nitrogens is 3. The molecule has 1 aliphatic carbocycles. The third-order valence-corrected chi connectivity index (χ3v) is 7.46. The highest BCUT2D eigenvalue weighted by Crippen LogP contribution is 2.32. The Hall–Kier alpha value is -4.06. The first kappa shape index (κ1) is 26.5. The van der Waals surface area contributed by atoms with Gasteiger partial charge in [0.25, 0.3) is 5.56 Å². The van der Waals surface area contributed by atoms with Gasteiger partial charge in [0.15, 0.2) is 0 Å². The van der Waals surface area contributed by atoms with E-state index in [1.165, 1.54) is 0 Å². The number of amides is 1. The number of rotatable bonds is 4. The van der Waals surface area contributed by atoms with Crippen molar-refractivity contribution in [3.8, 4) is 12.3 Å². The van der Waals surface area contributed by atoms with Crippen LogP contribution < -0.4 is 15.8 Å². The van der Waals surface area contributed by atoms with Crippen LogP contribution in [-0.4, -0.2) is 57.3 Å². The van der Waals surface area contributed by atoms with Gasteiger partial charge in [0.05, 0.1) is 5.56 Å². The molecule has 2 aliphatic rings. The third-order valence-electron chi connectivity index (χ3n) is 7.46. The quantitative estimate of drug-likeness (QED) is 0.477. The van der Waals surface area contributed by atoms with Crippen molar-refractivity contribution in [3.63, 3.8) is 0 Å². The zero-order chi connectivity index (χ0) is 27.7. The van der Waals surface area contributed by atoms with Gasteiger partial charge in [-0.15, -0.1) is 6.42 Å². The van der Waals surface area contributed by atoms with Crippen LogP contribution in [-0.2, 0) is 4.74 Å². The number of hydrogen-bond donors (Lipinski definition) is 1. The number of hydrogen-bond acceptors (Lipinski definition) is 7. The summed E-state index contributed by atoms with van der Waals surface area (Å²) in [5, 5.41) is 4.10. The van der Waals surface area contributed by atoms with Gasteiger partial charge in [-0.2, -0.15) is 4.98 Å². The normalized spacial score (nSPS) is 16.4. The van der Waals surface area contributed by atoms with Crippen LogP contribution in [0, 0.1) is 19.3 Å². The average molecular weight is 529 g/mol. The number of ether oxygens (including phenoxy) is 1. The van der Waals surface area contributed by atoms with Crippen LogP contribution in [0.1, 0.15) is 63.6 Å². The maximum atomic E-state index is 13.3. The number of nitrogens with zero attached hydrogens (tertiary/aromatic N) is 5. The number of nitrogens with one attached hydrogen (secondary N) is 1. The summed E-state index contributed by atoms with van der Waals surface area (Å²) in [5.74, 6) is 3.02. The molecule has 9 nitrogen and oxygen atoms in total. The van der Waals surface area contributed by atoms with Crippen molar-refractivity contribution in [2.75, 3.05) is 36.4 Å². The molecule has 0 spiro atoms. The van der Waals surface area contributed by atoms with E-state index in [1.54, 1.807) is 15.7 Å². The van der Waals surface area contributed by atoms with E-state index >= 15 is 0 Å². The number of fused-ring (bicyclic) bond motifs is 1. The van der Waals surface area contributed by atoms with Gasteiger partial charge in [0.2, 0.25) is 5.95 Å². The summed E-state index contributed by atoms with van der Waals surface area (Å²) in [4.78, 5) is 39.0. The minimum atomic E-state index is -0.497. The molecule has 0 bridgehead atoms. The van der Waals surface area contributed by atoms with Gasteiger partial charge in [0.1, 0.15) is 11.2 Å². The minimum Gasteiger partial charge on any atom is -0.444 e. The Bertz CT molecular complexity index is 1470. The van der Waals surface area contributed by atoms with Crippen molar-refractivity contribution < 1.29 is 9.53 Å². The van der Waals surface area contributed by atoms with Crippen molar-refractivity contribution in [1.82, 2.24) is 19.4 Å². The van der Waals surface area contributed by atoms with E-state index in [0.717, 1.165) is 61.1 Å². The number of benzene rings is 1. The highest BCUT2D eigenvalue weighted by molar-refractivity contribution is 5.82. The van der Waals surface area contributed by atoms with Crippen LogP contribution in [0.3, 0.4) is 0 Å². The molecular weight excluding hydrogens is 492 g/mol. The number of aryl methyl sites for hydroxylation is 1. The number of terminal acetylenes is 1. The van der Waals surface area contributed by atoms with Gasteiger partial charge in [-0.3, -0.25) is 9.36 Å². The lowest BCUT2D eigenvalue weighted by Gasteiger charge is -2.36. The molecule has 1 N–H and O–H groups in total. The van der Waals surface area contributed by atoms with Gasteiger partial charge >= 0.3 is 6.09 Å². The van der Waals surface area contributed by atoms with Crippen LogP contribution in [0.15, 0.2) is 35.3 Å². The molecule has 0 unspecified atom stereocenters. The Morgan fingerprint density at radius 3 is 2.38 bits per heavy atom. The lowest BCUT2D eigenvalue weighted by molar-refractivity contribution is 0.0240. The van der Waals surface area contributed by atoms with E-state index in [9.17, 15) is 9.59 Å². The molecule has 1 saturated carbocycles. The summed E-state index contributed by atoms with van der Waals surface area (Å²) in [6, 6.07) is 8.17. The monoisotopic (exact) mass is 528 g/mol. The van der Waals surface area contributed by atoms with E-state index in [1.807, 2.05) is 52.0 Å². The molecule has 39 heavy (non-hydrogen) atoms. The smallest absolute Gasteiger partial charge is 0.410 e. The molecule has 2 aromatic heterocycles. The Labute approximate surface area is 229 Å². The predicted octanol–water partition coefficient (Wildman–Crippen LogP) is 5.00. The highest BCUT2D eigenvalue weighted by atomic mass is 16.6. The number of anilines is 3. The molecule has 0 radical (unpaired) electrons. The van der Waals surface area contributed by atoms with Crippen molar-refractivity contribution in [2.24, 2.45) is 0 Å². The molecule has 1 saturated heterocycles. The SMILES string of the molecule is C#Cc1c(C)c2cnc(Nc3ccc(N4CCN(C(=O)OC(C)(C)C)CC4)cc3)nc2n(C2CCCC2)c1=O. The minimum absolute atomic E-state index is 0.102. The number of carbonyl (C=O) groups is 1. The van der Waals surface area contributed by atoms with Gasteiger partial charge in [-0.1, -0.05) is 18.8 Å². The zero-order valence-corrected chi connectivity index (χ0v) is 23.2. The molecule has 5 rings (SSSR count). The first-order valence-electron chi connectivity index (χ1n) is 13.6. The van der Waals surface area contributed by atoms with Gasteiger partial charge in [-0.05, 0) is 70.4 Å². The van der Waals surface area contributed by atoms with E-state index in [-0.39, 0.29) is 17.7 Å².